The first-order valence-electron chi connectivity index (χ1n) is 7.16. The topological polar surface area (TPSA) is 41.8 Å². The van der Waals surface area contributed by atoms with Crippen LogP contribution in [0.1, 0.15) is 34.5 Å². The van der Waals surface area contributed by atoms with Crippen molar-refractivity contribution in [2.75, 3.05) is 13.6 Å². The van der Waals surface area contributed by atoms with Gasteiger partial charge < -0.3 is 9.94 Å². The molecule has 1 aromatic rings. The molecular formula is C13H16F3NO2. The van der Waals surface area contributed by atoms with Gasteiger partial charge in [0.25, 0.3) is 0 Å². The molecule has 3 nitrogen and oxygen atoms in total. The van der Waals surface area contributed by atoms with Crippen LogP contribution in [0.3, 0.4) is 0 Å². The summed E-state index contributed by atoms with van der Waals surface area (Å²) < 4.78 is 62.5. The largest absolute Gasteiger partial charge is 0.416 e. The molecule has 0 fully saturated rings. The molecule has 0 amide bonds. The van der Waals surface area contributed by atoms with E-state index in [1.165, 1.54) is 12.1 Å². The highest BCUT2D eigenvalue weighted by Crippen LogP contribution is 2.29. The number of ether oxygens (including phenoxy) is 1. The van der Waals surface area contributed by atoms with E-state index in [1.807, 2.05) is 0 Å². The molecule has 0 bridgehead atoms. The summed E-state index contributed by atoms with van der Waals surface area (Å²) in [6.07, 6.45) is -3.21. The van der Waals surface area contributed by atoms with E-state index in [1.54, 1.807) is 0 Å². The van der Waals surface area contributed by atoms with Crippen molar-refractivity contribution in [1.82, 2.24) is 0 Å². The van der Waals surface area contributed by atoms with E-state index in [9.17, 15) is 13.2 Å². The molecule has 1 N–H and O–H groups in total. The summed E-state index contributed by atoms with van der Waals surface area (Å²) in [5.41, 5.74) is -0.158. The van der Waals surface area contributed by atoms with E-state index in [0.29, 0.717) is 24.8 Å². The maximum absolute atomic E-state index is 12.4. The van der Waals surface area contributed by atoms with Crippen molar-refractivity contribution in [1.29, 1.82) is 0 Å². The van der Waals surface area contributed by atoms with Gasteiger partial charge in [0.15, 0.2) is 0 Å². The van der Waals surface area contributed by atoms with Crippen molar-refractivity contribution in [2.45, 2.75) is 25.4 Å². The third-order valence-corrected chi connectivity index (χ3v) is 2.58. The fraction of sp³-hybridized carbons (Fsp3) is 0.462. The minimum Gasteiger partial charge on any atom is -0.411 e. The Morgan fingerprint density at radius 2 is 2.00 bits per heavy atom. The Morgan fingerprint density at radius 1 is 1.32 bits per heavy atom. The van der Waals surface area contributed by atoms with Gasteiger partial charge in [-0.05, 0) is 37.0 Å². The van der Waals surface area contributed by atoms with Crippen LogP contribution in [0.15, 0.2) is 29.4 Å². The SMILES string of the molecule is [2H]C([2H])([2H])OCCCC/C(=N\O)c1ccc(C(F)(F)F)cc1. The Morgan fingerprint density at radius 3 is 2.53 bits per heavy atom. The number of unbranched alkanes of at least 4 members (excludes halogenated alkanes) is 1. The van der Waals surface area contributed by atoms with Crippen LogP contribution in [-0.2, 0) is 10.9 Å². The van der Waals surface area contributed by atoms with E-state index in [4.69, 9.17) is 9.32 Å². The summed E-state index contributed by atoms with van der Waals surface area (Å²) in [6.45, 7) is 0.0300. The molecule has 0 spiro atoms. The molecule has 19 heavy (non-hydrogen) atoms. The van der Waals surface area contributed by atoms with Crippen molar-refractivity contribution in [2.24, 2.45) is 5.16 Å². The lowest BCUT2D eigenvalue weighted by Gasteiger charge is -2.08. The number of alkyl halides is 3. The molecule has 0 saturated heterocycles. The predicted octanol–water partition coefficient (Wildman–Crippen LogP) is 3.70. The van der Waals surface area contributed by atoms with E-state index in [2.05, 4.69) is 9.89 Å². The summed E-state index contributed by atoms with van der Waals surface area (Å²) >= 11 is 0. The molecule has 0 aliphatic rings. The van der Waals surface area contributed by atoms with Crippen molar-refractivity contribution in [3.8, 4) is 0 Å². The van der Waals surface area contributed by atoms with Crippen LogP contribution >= 0.6 is 0 Å². The van der Waals surface area contributed by atoms with Crippen LogP contribution in [0, 0.1) is 0 Å². The molecule has 0 aromatic heterocycles. The average Bonchev–Trinajstić information content (AvgIpc) is 2.41. The summed E-state index contributed by atoms with van der Waals surface area (Å²) in [5, 5.41) is 12.0. The van der Waals surface area contributed by atoms with Gasteiger partial charge in [-0.1, -0.05) is 17.3 Å². The van der Waals surface area contributed by atoms with Crippen LogP contribution in [0.2, 0.25) is 0 Å². The molecule has 0 aliphatic carbocycles. The van der Waals surface area contributed by atoms with Gasteiger partial charge in [0.2, 0.25) is 0 Å². The zero-order valence-electron chi connectivity index (χ0n) is 13.1. The maximum atomic E-state index is 12.4. The highest BCUT2D eigenvalue weighted by Gasteiger charge is 2.30. The van der Waals surface area contributed by atoms with Gasteiger partial charge in [-0.2, -0.15) is 13.2 Å². The monoisotopic (exact) mass is 278 g/mol. The summed E-state index contributed by atoms with van der Waals surface area (Å²) in [5.74, 6) is 0. The van der Waals surface area contributed by atoms with Crippen LogP contribution in [0.4, 0.5) is 13.2 Å². The number of methoxy groups -OCH3 is 1. The second kappa shape index (κ2) is 7.13. The fourth-order valence-corrected chi connectivity index (χ4v) is 1.57. The first-order chi connectivity index (χ1) is 10.1. The second-order valence-electron chi connectivity index (χ2n) is 3.93. The predicted molar refractivity (Wildman–Crippen MR) is 65.5 cm³/mol. The van der Waals surface area contributed by atoms with Crippen molar-refractivity contribution < 1.29 is 27.2 Å². The van der Waals surface area contributed by atoms with Gasteiger partial charge in [-0.25, -0.2) is 0 Å². The number of halogens is 3. The molecule has 0 heterocycles. The first kappa shape index (κ1) is 11.3. The number of oxime groups is 1. The molecule has 0 aliphatic heterocycles. The summed E-state index contributed by atoms with van der Waals surface area (Å²) in [7, 11) is -2.44. The first-order valence-corrected chi connectivity index (χ1v) is 5.66. The average molecular weight is 278 g/mol. The number of rotatable bonds is 6. The summed E-state index contributed by atoms with van der Waals surface area (Å²) in [6, 6.07) is 4.30. The van der Waals surface area contributed by atoms with Crippen LogP contribution in [0.5, 0.6) is 0 Å². The van der Waals surface area contributed by atoms with Gasteiger partial charge >= 0.3 is 6.18 Å². The Kier molecular flexibility index (Phi) is 4.24. The molecule has 0 radical (unpaired) electrons. The number of benzene rings is 1. The van der Waals surface area contributed by atoms with Crippen LogP contribution in [-0.4, -0.2) is 24.6 Å². The maximum Gasteiger partial charge on any atom is 0.416 e. The smallest absolute Gasteiger partial charge is 0.411 e. The summed E-state index contributed by atoms with van der Waals surface area (Å²) in [4.78, 5) is 0. The normalized spacial score (nSPS) is 15.7. The van der Waals surface area contributed by atoms with Crippen molar-refractivity contribution >= 4 is 5.71 Å². The highest BCUT2D eigenvalue weighted by molar-refractivity contribution is 6.00. The second-order valence-corrected chi connectivity index (χ2v) is 3.93. The quantitative estimate of drug-likeness (QED) is 0.373. The third-order valence-electron chi connectivity index (χ3n) is 2.58. The van der Waals surface area contributed by atoms with E-state index in [0.717, 1.165) is 12.1 Å². The lowest BCUT2D eigenvalue weighted by atomic mass is 10.0. The zero-order chi connectivity index (χ0) is 16.8. The molecule has 6 heteroatoms. The van der Waals surface area contributed by atoms with E-state index >= 15 is 0 Å². The van der Waals surface area contributed by atoms with Gasteiger partial charge in [0.1, 0.15) is 0 Å². The molecule has 106 valence electrons. The number of hydrogen-bond donors (Lipinski definition) is 1. The van der Waals surface area contributed by atoms with E-state index < -0.39 is 18.8 Å². The number of nitrogens with zero attached hydrogens (tertiary/aromatic N) is 1. The third kappa shape index (κ3) is 4.90. The minimum absolute atomic E-state index is 0.0300. The molecule has 0 atom stereocenters. The fourth-order valence-electron chi connectivity index (χ4n) is 1.57. The highest BCUT2D eigenvalue weighted by atomic mass is 19.4. The lowest BCUT2D eigenvalue weighted by molar-refractivity contribution is -0.137. The molecular weight excluding hydrogens is 259 g/mol. The van der Waals surface area contributed by atoms with Crippen molar-refractivity contribution in [3.05, 3.63) is 35.4 Å². The Bertz CT molecular complexity index is 499. The zero-order valence-corrected chi connectivity index (χ0v) is 10.1. The molecule has 1 aromatic carbocycles. The number of hydrogen-bond acceptors (Lipinski definition) is 3. The van der Waals surface area contributed by atoms with Gasteiger partial charge in [-0.15, -0.1) is 0 Å². The standard InChI is InChI=1S/C13H16F3NO2/c1-19-9-3-2-4-12(17-18)10-5-7-11(8-6-10)13(14,15)16/h5-8,18H,2-4,9H2,1H3/b17-12+/i1D3. The Hall–Kier alpha value is -1.56. The lowest BCUT2D eigenvalue weighted by Crippen LogP contribution is -2.07. The molecule has 0 saturated carbocycles. The van der Waals surface area contributed by atoms with Crippen LogP contribution < -0.4 is 0 Å². The minimum atomic E-state index is -4.42. The van der Waals surface area contributed by atoms with Gasteiger partial charge in [-0.3, -0.25) is 0 Å². The molecule has 1 rings (SSSR count). The molecule has 0 unspecified atom stereocenters. The van der Waals surface area contributed by atoms with Gasteiger partial charge in [0, 0.05) is 13.6 Å². The van der Waals surface area contributed by atoms with Gasteiger partial charge in [0.05, 0.1) is 15.4 Å². The van der Waals surface area contributed by atoms with E-state index in [-0.39, 0.29) is 12.3 Å². The Balaban J connectivity index is 2.52. The Labute approximate surface area is 113 Å². The van der Waals surface area contributed by atoms with Crippen molar-refractivity contribution in [3.63, 3.8) is 0 Å². The van der Waals surface area contributed by atoms with Crippen LogP contribution in [0.25, 0.3) is 0 Å².